The quantitative estimate of drug-likeness (QED) is 0.646. The van der Waals surface area contributed by atoms with Crippen LogP contribution in [0, 0.1) is 12.8 Å². The largest absolute Gasteiger partial charge is 0.496 e. The molecule has 1 aromatic carbocycles. The lowest BCUT2D eigenvalue weighted by atomic mass is 10.1. The van der Waals surface area contributed by atoms with Gasteiger partial charge in [-0.1, -0.05) is 42.5 Å². The minimum atomic E-state index is -0.0383. The molecule has 0 aromatic heterocycles. The van der Waals surface area contributed by atoms with Crippen LogP contribution < -0.4 is 10.1 Å². The number of rotatable bonds is 5. The Morgan fingerprint density at radius 3 is 2.61 bits per heavy atom. The van der Waals surface area contributed by atoms with E-state index < -0.39 is 0 Å². The normalized spacial score (nSPS) is 12.3. The van der Waals surface area contributed by atoms with Gasteiger partial charge in [0, 0.05) is 16.0 Å². The summed E-state index contributed by atoms with van der Waals surface area (Å²) in [6.45, 7) is 6.18. The van der Waals surface area contributed by atoms with Gasteiger partial charge in [-0.3, -0.25) is 4.79 Å². The summed E-state index contributed by atoms with van der Waals surface area (Å²) in [4.78, 5) is 12.1. The zero-order chi connectivity index (χ0) is 13.7. The Hall–Kier alpha value is -0.780. The lowest BCUT2D eigenvalue weighted by Gasteiger charge is -2.20. The van der Waals surface area contributed by atoms with E-state index in [1.165, 1.54) is 0 Å². The van der Waals surface area contributed by atoms with Crippen molar-refractivity contribution in [2.75, 3.05) is 11.5 Å². The van der Waals surface area contributed by atoms with E-state index in [0.29, 0.717) is 11.5 Å². The van der Waals surface area contributed by atoms with Crippen molar-refractivity contribution in [1.29, 1.82) is 0 Å². The van der Waals surface area contributed by atoms with Gasteiger partial charge in [0.1, 0.15) is 5.75 Å². The molecule has 0 radical (unpaired) electrons. The molecular weight excluding hydrogens is 341 g/mol. The number of methoxy groups -OCH3 is 1. The highest BCUT2D eigenvalue weighted by molar-refractivity contribution is 14.1. The van der Waals surface area contributed by atoms with Gasteiger partial charge in [-0.25, -0.2) is 0 Å². The van der Waals surface area contributed by atoms with E-state index in [-0.39, 0.29) is 11.9 Å². The number of alkyl halides is 1. The molecule has 18 heavy (non-hydrogen) atoms. The van der Waals surface area contributed by atoms with Crippen LogP contribution in [0.25, 0.3) is 0 Å². The molecule has 1 unspecified atom stereocenters. The second-order valence-electron chi connectivity index (χ2n) is 4.66. The summed E-state index contributed by atoms with van der Waals surface area (Å²) in [5, 5.41) is 3.05. The fourth-order valence-electron chi connectivity index (χ4n) is 1.60. The van der Waals surface area contributed by atoms with Crippen LogP contribution in [0.4, 0.5) is 0 Å². The van der Waals surface area contributed by atoms with E-state index in [2.05, 4.69) is 41.8 Å². The molecule has 0 heterocycles. The molecule has 0 fully saturated rings. The van der Waals surface area contributed by atoms with E-state index in [4.69, 9.17) is 4.74 Å². The van der Waals surface area contributed by atoms with Crippen molar-refractivity contribution in [1.82, 2.24) is 5.32 Å². The first-order valence-corrected chi connectivity index (χ1v) is 7.53. The molecule has 0 aliphatic carbocycles. The second kappa shape index (κ2) is 6.97. The highest BCUT2D eigenvalue weighted by atomic mass is 127. The third kappa shape index (κ3) is 3.86. The van der Waals surface area contributed by atoms with Crippen LogP contribution in [0.3, 0.4) is 0 Å². The molecule has 0 saturated heterocycles. The van der Waals surface area contributed by atoms with Crippen LogP contribution >= 0.6 is 22.6 Å². The molecule has 1 amide bonds. The van der Waals surface area contributed by atoms with Gasteiger partial charge in [-0.2, -0.15) is 0 Å². The lowest BCUT2D eigenvalue weighted by Crippen LogP contribution is -2.39. The lowest BCUT2D eigenvalue weighted by molar-refractivity contribution is 0.0932. The van der Waals surface area contributed by atoms with E-state index in [0.717, 1.165) is 15.7 Å². The van der Waals surface area contributed by atoms with Gasteiger partial charge in [0.05, 0.1) is 7.11 Å². The molecule has 1 aromatic rings. The van der Waals surface area contributed by atoms with E-state index >= 15 is 0 Å². The number of benzene rings is 1. The minimum Gasteiger partial charge on any atom is -0.496 e. The highest BCUT2D eigenvalue weighted by Crippen LogP contribution is 2.19. The van der Waals surface area contributed by atoms with Crippen LogP contribution in [0.2, 0.25) is 0 Å². The number of halogens is 1. The maximum absolute atomic E-state index is 12.1. The molecular formula is C14H20INO2. The number of amides is 1. The summed E-state index contributed by atoms with van der Waals surface area (Å²) in [5.74, 6) is 1.14. The molecule has 3 nitrogen and oxygen atoms in total. The molecule has 0 aliphatic rings. The van der Waals surface area contributed by atoms with Gasteiger partial charge >= 0.3 is 0 Å². The molecule has 0 saturated carbocycles. The van der Waals surface area contributed by atoms with Crippen molar-refractivity contribution in [3.8, 4) is 5.75 Å². The summed E-state index contributed by atoms with van der Waals surface area (Å²) in [6.07, 6.45) is 0. The molecule has 0 aliphatic heterocycles. The predicted octanol–water partition coefficient (Wildman–Crippen LogP) is 3.19. The summed E-state index contributed by atoms with van der Waals surface area (Å²) < 4.78 is 6.14. The third-order valence-electron chi connectivity index (χ3n) is 2.96. The third-order valence-corrected chi connectivity index (χ3v) is 3.91. The maximum Gasteiger partial charge on any atom is 0.251 e. The average Bonchev–Trinajstić information content (AvgIpc) is 2.35. The molecule has 4 heteroatoms. The van der Waals surface area contributed by atoms with Crippen molar-refractivity contribution < 1.29 is 9.53 Å². The van der Waals surface area contributed by atoms with Crippen LogP contribution in [0.5, 0.6) is 5.75 Å². The number of aryl methyl sites for hydroxylation is 1. The molecule has 1 N–H and O–H groups in total. The van der Waals surface area contributed by atoms with Crippen LogP contribution in [-0.4, -0.2) is 23.5 Å². The first-order chi connectivity index (χ1) is 8.49. The Kier molecular flexibility index (Phi) is 5.91. The van der Waals surface area contributed by atoms with Crippen LogP contribution in [-0.2, 0) is 0 Å². The van der Waals surface area contributed by atoms with Crippen molar-refractivity contribution in [2.45, 2.75) is 26.8 Å². The fraction of sp³-hybridized carbons (Fsp3) is 0.500. The standard InChI is InChI=1S/C14H20INO2/c1-9(2)12(8-15)16-14(17)11-6-5-10(3)13(7-11)18-4/h5-7,9,12H,8H2,1-4H3,(H,16,17). The molecule has 1 rings (SSSR count). The smallest absolute Gasteiger partial charge is 0.251 e. The fourth-order valence-corrected chi connectivity index (χ4v) is 2.83. The molecule has 0 bridgehead atoms. The molecule has 100 valence electrons. The van der Waals surface area contributed by atoms with Crippen molar-refractivity contribution in [3.05, 3.63) is 29.3 Å². The summed E-state index contributed by atoms with van der Waals surface area (Å²) in [7, 11) is 1.62. The highest BCUT2D eigenvalue weighted by Gasteiger charge is 2.16. The Morgan fingerprint density at radius 2 is 2.11 bits per heavy atom. The first kappa shape index (κ1) is 15.3. The van der Waals surface area contributed by atoms with Crippen molar-refractivity contribution in [2.24, 2.45) is 5.92 Å². The van der Waals surface area contributed by atoms with Crippen molar-refractivity contribution >= 4 is 28.5 Å². The summed E-state index contributed by atoms with van der Waals surface area (Å²) in [6, 6.07) is 5.72. The first-order valence-electron chi connectivity index (χ1n) is 6.01. The molecule has 0 spiro atoms. The average molecular weight is 361 g/mol. The Morgan fingerprint density at radius 1 is 1.44 bits per heavy atom. The molecule has 1 atom stereocenters. The zero-order valence-corrected chi connectivity index (χ0v) is 13.4. The minimum absolute atomic E-state index is 0.0383. The Bertz CT molecular complexity index is 418. The van der Waals surface area contributed by atoms with E-state index in [1.807, 2.05) is 19.1 Å². The summed E-state index contributed by atoms with van der Waals surface area (Å²) in [5.41, 5.74) is 1.68. The Balaban J connectivity index is 2.84. The van der Waals surface area contributed by atoms with Crippen LogP contribution in [0.15, 0.2) is 18.2 Å². The van der Waals surface area contributed by atoms with Gasteiger partial charge < -0.3 is 10.1 Å². The van der Waals surface area contributed by atoms with Gasteiger partial charge in [0.25, 0.3) is 5.91 Å². The van der Waals surface area contributed by atoms with Gasteiger partial charge in [0.2, 0.25) is 0 Å². The SMILES string of the molecule is COc1cc(C(=O)NC(CI)C(C)C)ccc1C. The van der Waals surface area contributed by atoms with Gasteiger partial charge in [-0.05, 0) is 30.5 Å². The zero-order valence-electron chi connectivity index (χ0n) is 11.3. The number of hydrogen-bond donors (Lipinski definition) is 1. The number of carbonyl (C=O) groups is 1. The topological polar surface area (TPSA) is 38.3 Å². The van der Waals surface area contributed by atoms with Crippen molar-refractivity contribution in [3.63, 3.8) is 0 Å². The maximum atomic E-state index is 12.1. The monoisotopic (exact) mass is 361 g/mol. The van der Waals surface area contributed by atoms with Gasteiger partial charge in [-0.15, -0.1) is 0 Å². The number of nitrogens with one attached hydrogen (secondary N) is 1. The number of ether oxygens (including phenoxy) is 1. The predicted molar refractivity (Wildman–Crippen MR) is 82.7 cm³/mol. The summed E-state index contributed by atoms with van der Waals surface area (Å²) >= 11 is 2.30. The number of carbonyl (C=O) groups excluding carboxylic acids is 1. The van der Waals surface area contributed by atoms with E-state index in [1.54, 1.807) is 13.2 Å². The number of hydrogen-bond acceptors (Lipinski definition) is 2. The van der Waals surface area contributed by atoms with E-state index in [9.17, 15) is 4.79 Å². The van der Waals surface area contributed by atoms with Gasteiger partial charge in [0.15, 0.2) is 0 Å². The Labute approximate surface area is 122 Å². The van der Waals surface area contributed by atoms with Crippen LogP contribution in [0.1, 0.15) is 29.8 Å². The second-order valence-corrected chi connectivity index (χ2v) is 5.54.